The van der Waals surface area contributed by atoms with Crippen LogP contribution in [0, 0.1) is 0 Å². The van der Waals surface area contributed by atoms with E-state index in [1.54, 1.807) is 12.1 Å². The van der Waals surface area contributed by atoms with Crippen molar-refractivity contribution in [2.75, 3.05) is 14.2 Å². The Balaban J connectivity index is 3.09. The number of halogens is 3. The van der Waals surface area contributed by atoms with E-state index in [1.807, 2.05) is 6.07 Å². The van der Waals surface area contributed by atoms with Gasteiger partial charge in [0.05, 0.1) is 0 Å². The van der Waals surface area contributed by atoms with Crippen LogP contribution in [0.4, 0.5) is 0 Å². The summed E-state index contributed by atoms with van der Waals surface area (Å²) in [6, 6.07) is 5.36. The number of hydrogen-bond donors (Lipinski definition) is 0. The summed E-state index contributed by atoms with van der Waals surface area (Å²) in [6.45, 7) is 0. The molecule has 0 saturated heterocycles. The molecule has 18 heavy (non-hydrogen) atoms. The minimum Gasteiger partial charge on any atom is -0.402 e. The summed E-state index contributed by atoms with van der Waals surface area (Å²) < 4.78 is 28.1. The van der Waals surface area contributed by atoms with E-state index in [0.29, 0.717) is 5.56 Å². The zero-order valence-electron chi connectivity index (χ0n) is 9.52. The van der Waals surface area contributed by atoms with E-state index < -0.39 is 7.82 Å². The highest BCUT2D eigenvalue weighted by Crippen LogP contribution is 2.52. The molecule has 1 rings (SSSR count). The highest BCUT2D eigenvalue weighted by molar-refractivity contribution is 9.11. The summed E-state index contributed by atoms with van der Waals surface area (Å²) in [5.74, 6) is 0.183. The van der Waals surface area contributed by atoms with Gasteiger partial charge < -0.3 is 4.52 Å². The fourth-order valence-electron chi connectivity index (χ4n) is 1.09. The normalized spacial score (nSPS) is 12.6. The second-order valence-electron chi connectivity index (χ2n) is 3.00. The number of hydrogen-bond acceptors (Lipinski definition) is 4. The fraction of sp³-hybridized carbons (Fsp3) is 0.200. The molecule has 0 amide bonds. The first-order valence-electron chi connectivity index (χ1n) is 4.62. The maximum atomic E-state index is 11.9. The molecule has 0 aromatic heterocycles. The zero-order valence-corrected chi connectivity index (χ0v) is 14.3. The van der Waals surface area contributed by atoms with E-state index in [0.717, 1.165) is 8.95 Å². The summed E-state index contributed by atoms with van der Waals surface area (Å²) >= 11 is 12.4. The van der Waals surface area contributed by atoms with E-state index in [9.17, 15) is 4.57 Å². The highest BCUT2D eigenvalue weighted by atomic mass is 79.9. The Morgan fingerprint density at radius 1 is 1.33 bits per heavy atom. The molecule has 0 atom stereocenters. The van der Waals surface area contributed by atoms with Gasteiger partial charge in [0.15, 0.2) is 5.76 Å². The molecule has 0 N–H and O–H groups in total. The Morgan fingerprint density at radius 3 is 2.39 bits per heavy atom. The van der Waals surface area contributed by atoms with E-state index in [-0.39, 0.29) is 5.76 Å². The summed E-state index contributed by atoms with van der Waals surface area (Å²) in [5.41, 5.74) is 1.79. The van der Waals surface area contributed by atoms with Crippen molar-refractivity contribution in [3.05, 3.63) is 38.2 Å². The first-order chi connectivity index (χ1) is 8.45. The number of phosphoric ester groups is 1. The number of rotatable bonds is 5. The van der Waals surface area contributed by atoms with Gasteiger partial charge in [-0.05, 0) is 34.1 Å². The van der Waals surface area contributed by atoms with Gasteiger partial charge in [-0.25, -0.2) is 4.57 Å². The Labute approximate surface area is 127 Å². The predicted octanol–water partition coefficient (Wildman–Crippen LogP) is 5.17. The second kappa shape index (κ2) is 7.08. The Morgan fingerprint density at radius 2 is 1.94 bits per heavy atom. The van der Waals surface area contributed by atoms with Gasteiger partial charge in [0.2, 0.25) is 0 Å². The quantitative estimate of drug-likeness (QED) is 0.487. The lowest BCUT2D eigenvalue weighted by Gasteiger charge is -2.17. The molecular formula is C10H10Br2ClO4P. The van der Waals surface area contributed by atoms with E-state index in [2.05, 4.69) is 31.9 Å². The zero-order chi connectivity index (χ0) is 13.8. The van der Waals surface area contributed by atoms with Crippen molar-refractivity contribution in [2.24, 2.45) is 0 Å². The van der Waals surface area contributed by atoms with Crippen molar-refractivity contribution in [1.29, 1.82) is 0 Å². The van der Waals surface area contributed by atoms with Gasteiger partial charge in [-0.1, -0.05) is 27.5 Å². The smallest absolute Gasteiger partial charge is 0.402 e. The van der Waals surface area contributed by atoms with Crippen molar-refractivity contribution in [3.63, 3.8) is 0 Å². The van der Waals surface area contributed by atoms with Crippen LogP contribution < -0.4 is 0 Å². The van der Waals surface area contributed by atoms with Crippen LogP contribution in [-0.4, -0.2) is 14.2 Å². The Kier molecular flexibility index (Phi) is 6.38. The molecule has 100 valence electrons. The lowest BCUT2D eigenvalue weighted by Crippen LogP contribution is -1.96. The van der Waals surface area contributed by atoms with Crippen LogP contribution in [0.25, 0.3) is 5.76 Å². The molecule has 0 radical (unpaired) electrons. The molecule has 0 heterocycles. The average molecular weight is 420 g/mol. The van der Waals surface area contributed by atoms with Crippen LogP contribution in [-0.2, 0) is 18.1 Å². The summed E-state index contributed by atoms with van der Waals surface area (Å²) in [4.78, 5) is 0. The standard InChI is InChI=1S/C10H10Br2ClO4P/c1-15-18(14,16-2)17-10(6-13)8-4-3-7(11)5-9(8)12/h3-6H,1-2H3. The van der Waals surface area contributed by atoms with Crippen LogP contribution in [0.3, 0.4) is 0 Å². The highest BCUT2D eigenvalue weighted by Gasteiger charge is 2.27. The molecule has 1 aromatic rings. The monoisotopic (exact) mass is 418 g/mol. The third kappa shape index (κ3) is 4.08. The average Bonchev–Trinajstić information content (AvgIpc) is 2.36. The van der Waals surface area contributed by atoms with Gasteiger partial charge in [0.25, 0.3) is 0 Å². The third-order valence-corrected chi connectivity index (χ3v) is 4.62. The lowest BCUT2D eigenvalue weighted by molar-refractivity contribution is 0.201. The SMILES string of the molecule is COP(=O)(OC)OC(=CCl)c1ccc(Br)cc1Br. The number of benzene rings is 1. The first kappa shape index (κ1) is 16.2. The van der Waals surface area contributed by atoms with Crippen molar-refractivity contribution in [1.82, 2.24) is 0 Å². The molecule has 0 aliphatic carbocycles. The van der Waals surface area contributed by atoms with Gasteiger partial charge in [0, 0.05) is 34.3 Å². The van der Waals surface area contributed by atoms with Crippen molar-refractivity contribution < 1.29 is 18.1 Å². The van der Waals surface area contributed by atoms with E-state index in [4.69, 9.17) is 25.2 Å². The minimum absolute atomic E-state index is 0.183. The number of phosphoric acid groups is 1. The summed E-state index contributed by atoms with van der Waals surface area (Å²) in [7, 11) is -1.18. The predicted molar refractivity (Wildman–Crippen MR) is 78.4 cm³/mol. The summed E-state index contributed by atoms with van der Waals surface area (Å²) in [6.07, 6.45) is 0. The molecule has 8 heteroatoms. The van der Waals surface area contributed by atoms with Gasteiger partial charge in [0.1, 0.15) is 0 Å². The lowest BCUT2D eigenvalue weighted by atomic mass is 10.2. The maximum Gasteiger partial charge on any atom is 0.529 e. The minimum atomic E-state index is -3.64. The van der Waals surface area contributed by atoms with E-state index >= 15 is 0 Å². The van der Waals surface area contributed by atoms with Crippen LogP contribution in [0.2, 0.25) is 0 Å². The van der Waals surface area contributed by atoms with Crippen LogP contribution in [0.15, 0.2) is 32.7 Å². The van der Waals surface area contributed by atoms with Crippen LogP contribution in [0.1, 0.15) is 5.56 Å². The van der Waals surface area contributed by atoms with Crippen LogP contribution >= 0.6 is 51.3 Å². The molecule has 0 unspecified atom stereocenters. The summed E-state index contributed by atoms with van der Waals surface area (Å²) in [5, 5.41) is 0. The molecule has 0 saturated carbocycles. The van der Waals surface area contributed by atoms with E-state index in [1.165, 1.54) is 19.8 Å². The Hall–Kier alpha value is 0.160. The fourth-order valence-corrected chi connectivity index (χ4v) is 3.24. The van der Waals surface area contributed by atoms with Gasteiger partial charge in [-0.2, -0.15) is 0 Å². The Bertz CT molecular complexity index is 499. The third-order valence-electron chi connectivity index (χ3n) is 1.95. The molecule has 4 nitrogen and oxygen atoms in total. The van der Waals surface area contributed by atoms with Gasteiger partial charge in [-0.15, -0.1) is 0 Å². The molecule has 0 fully saturated rings. The topological polar surface area (TPSA) is 44.8 Å². The molecule has 0 spiro atoms. The molecule has 0 aliphatic rings. The van der Waals surface area contributed by atoms with Crippen molar-refractivity contribution >= 4 is 57.0 Å². The van der Waals surface area contributed by atoms with Gasteiger partial charge >= 0.3 is 7.82 Å². The van der Waals surface area contributed by atoms with Crippen molar-refractivity contribution in [2.45, 2.75) is 0 Å². The molecular weight excluding hydrogens is 410 g/mol. The molecule has 0 aliphatic heterocycles. The largest absolute Gasteiger partial charge is 0.529 e. The van der Waals surface area contributed by atoms with Gasteiger partial charge in [-0.3, -0.25) is 9.05 Å². The maximum absolute atomic E-state index is 11.9. The van der Waals surface area contributed by atoms with Crippen molar-refractivity contribution in [3.8, 4) is 0 Å². The van der Waals surface area contributed by atoms with Crippen LogP contribution in [0.5, 0.6) is 0 Å². The molecule has 1 aromatic carbocycles. The second-order valence-corrected chi connectivity index (χ2v) is 6.80. The molecule has 0 bridgehead atoms. The first-order valence-corrected chi connectivity index (χ1v) is 8.11.